The quantitative estimate of drug-likeness (QED) is 0.609. The molecule has 28 heavy (non-hydrogen) atoms. The Hall–Kier alpha value is -2.85. The first kappa shape index (κ1) is 18.5. The maximum Gasteiger partial charge on any atom is 0.227 e. The molecule has 1 aliphatic carbocycles. The molecule has 1 fully saturated rings. The van der Waals surface area contributed by atoms with Crippen LogP contribution < -0.4 is 15.4 Å². The zero-order chi connectivity index (χ0) is 19.5. The van der Waals surface area contributed by atoms with Gasteiger partial charge in [0.05, 0.1) is 7.11 Å². The Kier molecular flexibility index (Phi) is 5.31. The number of nitrogens with one attached hydrogen (secondary N) is 2. The zero-order valence-electron chi connectivity index (χ0n) is 16.4. The van der Waals surface area contributed by atoms with E-state index in [0.717, 1.165) is 30.8 Å². The molecule has 2 N–H and O–H groups in total. The number of ether oxygens (including phenoxy) is 1. The van der Waals surface area contributed by atoms with Gasteiger partial charge in [-0.15, -0.1) is 0 Å². The van der Waals surface area contributed by atoms with Gasteiger partial charge in [0, 0.05) is 24.2 Å². The monoisotopic (exact) mass is 374 g/mol. The first-order valence-corrected chi connectivity index (χ1v) is 9.83. The normalized spacial score (nSPS) is 14.6. The van der Waals surface area contributed by atoms with Gasteiger partial charge < -0.3 is 15.4 Å². The Morgan fingerprint density at radius 3 is 2.46 bits per heavy atom. The molecule has 3 aromatic rings. The van der Waals surface area contributed by atoms with Crippen molar-refractivity contribution in [1.29, 1.82) is 0 Å². The standard InChI is InChI=1S/C24H26N2O2/c1-16(18-7-10-22(11-8-18)26-24(27)19-5-6-19)25-15-17-3-4-21-14-23(28-2)12-9-20(21)13-17/h3-4,7-14,16,19,25H,5-6,15H2,1-2H3,(H,26,27)/t16-/m1/s1. The van der Waals surface area contributed by atoms with Crippen LogP contribution in [0.5, 0.6) is 5.75 Å². The zero-order valence-corrected chi connectivity index (χ0v) is 16.4. The van der Waals surface area contributed by atoms with Gasteiger partial charge in [0.15, 0.2) is 0 Å². The lowest BCUT2D eigenvalue weighted by molar-refractivity contribution is -0.117. The molecule has 0 radical (unpaired) electrons. The summed E-state index contributed by atoms with van der Waals surface area (Å²) in [4.78, 5) is 11.9. The minimum Gasteiger partial charge on any atom is -0.497 e. The molecule has 4 nitrogen and oxygen atoms in total. The Balaban J connectivity index is 1.36. The molecule has 4 heteroatoms. The van der Waals surface area contributed by atoms with E-state index < -0.39 is 0 Å². The molecule has 0 unspecified atom stereocenters. The predicted octanol–water partition coefficient (Wildman–Crippen LogP) is 5.05. The summed E-state index contributed by atoms with van der Waals surface area (Å²) in [6, 6.07) is 21.0. The van der Waals surface area contributed by atoms with Gasteiger partial charge in [-0.25, -0.2) is 0 Å². The number of hydrogen-bond acceptors (Lipinski definition) is 3. The van der Waals surface area contributed by atoms with Gasteiger partial charge in [-0.2, -0.15) is 0 Å². The lowest BCUT2D eigenvalue weighted by Gasteiger charge is -2.15. The highest BCUT2D eigenvalue weighted by Crippen LogP contribution is 2.30. The summed E-state index contributed by atoms with van der Waals surface area (Å²) in [6.07, 6.45) is 2.04. The number of carbonyl (C=O) groups is 1. The molecular weight excluding hydrogens is 348 g/mol. The van der Waals surface area contributed by atoms with E-state index in [9.17, 15) is 4.79 Å². The van der Waals surface area contributed by atoms with Crippen LogP contribution in [0.25, 0.3) is 10.8 Å². The minimum absolute atomic E-state index is 0.146. The summed E-state index contributed by atoms with van der Waals surface area (Å²) in [5.74, 6) is 1.25. The third-order valence-electron chi connectivity index (χ3n) is 5.35. The van der Waals surface area contributed by atoms with Crippen LogP contribution in [0.1, 0.15) is 36.9 Å². The second-order valence-electron chi connectivity index (χ2n) is 7.54. The van der Waals surface area contributed by atoms with Crippen LogP contribution in [0.3, 0.4) is 0 Å². The third-order valence-corrected chi connectivity index (χ3v) is 5.35. The predicted molar refractivity (Wildman–Crippen MR) is 114 cm³/mol. The van der Waals surface area contributed by atoms with Gasteiger partial charge in [0.2, 0.25) is 5.91 Å². The molecule has 0 aromatic heterocycles. The fourth-order valence-corrected chi connectivity index (χ4v) is 3.34. The van der Waals surface area contributed by atoms with Crippen molar-refractivity contribution in [3.05, 3.63) is 71.8 Å². The average Bonchev–Trinajstić information content (AvgIpc) is 3.57. The van der Waals surface area contributed by atoms with Crippen molar-refractivity contribution in [2.24, 2.45) is 5.92 Å². The first-order chi connectivity index (χ1) is 13.6. The van der Waals surface area contributed by atoms with E-state index in [1.807, 2.05) is 18.2 Å². The molecule has 144 valence electrons. The summed E-state index contributed by atoms with van der Waals surface area (Å²) in [5.41, 5.74) is 3.32. The highest BCUT2D eigenvalue weighted by atomic mass is 16.5. The summed E-state index contributed by atoms with van der Waals surface area (Å²) in [7, 11) is 1.69. The lowest BCUT2D eigenvalue weighted by Crippen LogP contribution is -2.18. The fraction of sp³-hybridized carbons (Fsp3) is 0.292. The van der Waals surface area contributed by atoms with E-state index in [4.69, 9.17) is 4.74 Å². The van der Waals surface area contributed by atoms with E-state index >= 15 is 0 Å². The van der Waals surface area contributed by atoms with E-state index in [2.05, 4.69) is 60.0 Å². The third kappa shape index (κ3) is 4.34. The van der Waals surface area contributed by atoms with Crippen molar-refractivity contribution in [2.75, 3.05) is 12.4 Å². The van der Waals surface area contributed by atoms with Crippen molar-refractivity contribution in [2.45, 2.75) is 32.4 Å². The molecule has 0 heterocycles. The van der Waals surface area contributed by atoms with Crippen LogP contribution in [0.2, 0.25) is 0 Å². The highest BCUT2D eigenvalue weighted by Gasteiger charge is 2.29. The number of benzene rings is 3. The fourth-order valence-electron chi connectivity index (χ4n) is 3.34. The number of methoxy groups -OCH3 is 1. The highest BCUT2D eigenvalue weighted by molar-refractivity contribution is 5.94. The van der Waals surface area contributed by atoms with Crippen LogP contribution >= 0.6 is 0 Å². The SMILES string of the molecule is COc1ccc2cc(CN[C@H](C)c3ccc(NC(=O)C4CC4)cc3)ccc2c1. The van der Waals surface area contributed by atoms with Crippen LogP contribution in [-0.2, 0) is 11.3 Å². The van der Waals surface area contributed by atoms with Gasteiger partial charge in [-0.3, -0.25) is 4.79 Å². The molecule has 1 atom stereocenters. The Morgan fingerprint density at radius 2 is 1.75 bits per heavy atom. The summed E-state index contributed by atoms with van der Waals surface area (Å²) >= 11 is 0. The number of amides is 1. The molecular formula is C24H26N2O2. The number of fused-ring (bicyclic) bond motifs is 1. The molecule has 0 bridgehead atoms. The lowest BCUT2D eigenvalue weighted by atomic mass is 10.1. The molecule has 3 aromatic carbocycles. The van der Waals surface area contributed by atoms with Gasteiger partial charge in [-0.1, -0.05) is 30.3 Å². The molecule has 1 saturated carbocycles. The van der Waals surface area contributed by atoms with Crippen LogP contribution in [0.4, 0.5) is 5.69 Å². The summed E-state index contributed by atoms with van der Waals surface area (Å²) < 4.78 is 5.29. The minimum atomic E-state index is 0.146. The summed E-state index contributed by atoms with van der Waals surface area (Å²) in [6.45, 7) is 2.95. The van der Waals surface area contributed by atoms with Gasteiger partial charge in [0.25, 0.3) is 0 Å². The Morgan fingerprint density at radius 1 is 1.04 bits per heavy atom. The summed E-state index contributed by atoms with van der Waals surface area (Å²) in [5, 5.41) is 8.96. The topological polar surface area (TPSA) is 50.4 Å². The van der Waals surface area contributed by atoms with Crippen molar-refractivity contribution < 1.29 is 9.53 Å². The van der Waals surface area contributed by atoms with Gasteiger partial charge >= 0.3 is 0 Å². The Labute approximate surface area is 165 Å². The number of anilines is 1. The first-order valence-electron chi connectivity index (χ1n) is 9.83. The molecule has 4 rings (SSSR count). The van der Waals surface area contributed by atoms with Crippen LogP contribution in [0.15, 0.2) is 60.7 Å². The van der Waals surface area contributed by atoms with E-state index in [0.29, 0.717) is 0 Å². The van der Waals surface area contributed by atoms with E-state index in [-0.39, 0.29) is 17.9 Å². The second-order valence-corrected chi connectivity index (χ2v) is 7.54. The maximum absolute atomic E-state index is 11.9. The van der Waals surface area contributed by atoms with Gasteiger partial charge in [0.1, 0.15) is 5.75 Å². The molecule has 0 spiro atoms. The molecule has 1 aliphatic rings. The number of hydrogen-bond donors (Lipinski definition) is 2. The maximum atomic E-state index is 11.9. The number of carbonyl (C=O) groups excluding carboxylic acids is 1. The smallest absolute Gasteiger partial charge is 0.227 e. The van der Waals surface area contributed by atoms with Crippen LogP contribution in [0, 0.1) is 5.92 Å². The van der Waals surface area contributed by atoms with E-state index in [1.165, 1.54) is 21.9 Å². The Bertz CT molecular complexity index is 978. The van der Waals surface area contributed by atoms with Crippen molar-refractivity contribution in [3.8, 4) is 5.75 Å². The number of rotatable bonds is 7. The van der Waals surface area contributed by atoms with Crippen molar-refractivity contribution >= 4 is 22.4 Å². The van der Waals surface area contributed by atoms with Crippen molar-refractivity contribution in [3.63, 3.8) is 0 Å². The second kappa shape index (κ2) is 8.03. The molecule has 1 amide bonds. The molecule has 0 aliphatic heterocycles. The van der Waals surface area contributed by atoms with Crippen LogP contribution in [-0.4, -0.2) is 13.0 Å². The van der Waals surface area contributed by atoms with Gasteiger partial charge in [-0.05, 0) is 72.0 Å². The average molecular weight is 374 g/mol. The molecule has 0 saturated heterocycles. The van der Waals surface area contributed by atoms with Crippen molar-refractivity contribution in [1.82, 2.24) is 5.32 Å². The van der Waals surface area contributed by atoms with E-state index in [1.54, 1.807) is 7.11 Å². The largest absolute Gasteiger partial charge is 0.497 e.